The van der Waals surface area contributed by atoms with Gasteiger partial charge >= 0.3 is 0 Å². The number of benzene rings is 2. The molecule has 0 fully saturated rings. The fourth-order valence-electron chi connectivity index (χ4n) is 3.43. The molecule has 1 heterocycles. The molecule has 0 saturated heterocycles. The summed E-state index contributed by atoms with van der Waals surface area (Å²) in [4.78, 5) is 15.9. The van der Waals surface area contributed by atoms with Crippen molar-refractivity contribution in [2.45, 2.75) is 32.6 Å². The number of carbonyl (C=O) groups excluding carboxylic acids is 1. The van der Waals surface area contributed by atoms with Crippen LogP contribution in [-0.2, 0) is 12.8 Å². The summed E-state index contributed by atoms with van der Waals surface area (Å²) in [5.41, 5.74) is 9.24. The van der Waals surface area contributed by atoms with E-state index in [-0.39, 0.29) is 5.91 Å². The first kappa shape index (κ1) is 15.6. The SMILES string of the molecule is Cc1ccc(/C=N/NC(=O)c2ccc3[nH]c4c(c3c2)CCCC4)cc1. The number of H-pyrrole nitrogens is 1. The molecule has 1 aliphatic rings. The van der Waals surface area contributed by atoms with Gasteiger partial charge in [0.25, 0.3) is 5.91 Å². The Balaban J connectivity index is 1.52. The van der Waals surface area contributed by atoms with Crippen molar-refractivity contribution >= 4 is 23.0 Å². The highest BCUT2D eigenvalue weighted by Gasteiger charge is 2.16. The monoisotopic (exact) mass is 331 g/mol. The molecule has 0 bridgehead atoms. The number of nitrogens with zero attached hydrogens (tertiary/aromatic N) is 1. The minimum atomic E-state index is -0.184. The second-order valence-corrected chi connectivity index (χ2v) is 6.66. The fraction of sp³-hybridized carbons (Fsp3) is 0.238. The molecule has 4 rings (SSSR count). The molecular formula is C21H21N3O. The molecule has 2 N–H and O–H groups in total. The fourth-order valence-corrected chi connectivity index (χ4v) is 3.43. The number of fused-ring (bicyclic) bond motifs is 3. The Labute approximate surface area is 147 Å². The van der Waals surface area contributed by atoms with Gasteiger partial charge in [0.15, 0.2) is 0 Å². The van der Waals surface area contributed by atoms with Crippen LogP contribution in [0, 0.1) is 6.92 Å². The lowest BCUT2D eigenvalue weighted by molar-refractivity contribution is 0.0955. The summed E-state index contributed by atoms with van der Waals surface area (Å²) in [5, 5.41) is 5.24. The van der Waals surface area contributed by atoms with Gasteiger partial charge < -0.3 is 4.98 Å². The van der Waals surface area contributed by atoms with Gasteiger partial charge in [0.2, 0.25) is 0 Å². The van der Waals surface area contributed by atoms with Crippen LogP contribution in [0.4, 0.5) is 0 Å². The number of aryl methyl sites for hydroxylation is 3. The summed E-state index contributed by atoms with van der Waals surface area (Å²) in [6, 6.07) is 13.8. The van der Waals surface area contributed by atoms with Crippen LogP contribution in [0.3, 0.4) is 0 Å². The van der Waals surface area contributed by atoms with Crippen LogP contribution in [-0.4, -0.2) is 17.1 Å². The molecule has 3 aromatic rings. The first-order valence-corrected chi connectivity index (χ1v) is 8.74. The van der Waals surface area contributed by atoms with E-state index in [9.17, 15) is 4.79 Å². The van der Waals surface area contributed by atoms with Crippen LogP contribution >= 0.6 is 0 Å². The van der Waals surface area contributed by atoms with Crippen LogP contribution in [0.5, 0.6) is 0 Å². The molecule has 0 atom stereocenters. The van der Waals surface area contributed by atoms with Crippen LogP contribution in [0.2, 0.25) is 0 Å². The third-order valence-corrected chi connectivity index (χ3v) is 4.82. The van der Waals surface area contributed by atoms with E-state index in [1.165, 1.54) is 35.0 Å². The first-order chi connectivity index (χ1) is 12.2. The van der Waals surface area contributed by atoms with Crippen molar-refractivity contribution in [3.8, 4) is 0 Å². The maximum Gasteiger partial charge on any atom is 0.271 e. The van der Waals surface area contributed by atoms with Gasteiger partial charge in [-0.1, -0.05) is 29.8 Å². The first-order valence-electron chi connectivity index (χ1n) is 8.74. The van der Waals surface area contributed by atoms with E-state index in [1.807, 2.05) is 49.4 Å². The molecule has 0 radical (unpaired) electrons. The van der Waals surface area contributed by atoms with Crippen LogP contribution in [0.1, 0.15) is 45.6 Å². The van der Waals surface area contributed by atoms with E-state index in [4.69, 9.17) is 0 Å². The average Bonchev–Trinajstić information content (AvgIpc) is 3.01. The zero-order chi connectivity index (χ0) is 17.2. The van der Waals surface area contributed by atoms with E-state index in [2.05, 4.69) is 15.5 Å². The topological polar surface area (TPSA) is 57.2 Å². The lowest BCUT2D eigenvalue weighted by Gasteiger charge is -2.10. The highest BCUT2D eigenvalue weighted by atomic mass is 16.2. The predicted octanol–water partition coefficient (Wildman–Crippen LogP) is 4.12. The van der Waals surface area contributed by atoms with E-state index < -0.39 is 0 Å². The molecule has 4 nitrogen and oxygen atoms in total. The van der Waals surface area contributed by atoms with Gasteiger partial charge in [0.1, 0.15) is 0 Å². The number of hydrogen-bond donors (Lipinski definition) is 2. The molecule has 0 unspecified atom stereocenters. The highest BCUT2D eigenvalue weighted by molar-refractivity contribution is 5.99. The number of rotatable bonds is 3. The van der Waals surface area contributed by atoms with Gasteiger partial charge in [-0.25, -0.2) is 5.43 Å². The molecule has 0 spiro atoms. The van der Waals surface area contributed by atoms with Gasteiger partial charge in [-0.3, -0.25) is 4.79 Å². The van der Waals surface area contributed by atoms with Crippen molar-refractivity contribution in [3.05, 3.63) is 70.4 Å². The van der Waals surface area contributed by atoms with E-state index in [0.29, 0.717) is 5.56 Å². The molecule has 0 aliphatic heterocycles. The minimum Gasteiger partial charge on any atom is -0.358 e. The van der Waals surface area contributed by atoms with Crippen LogP contribution in [0.25, 0.3) is 10.9 Å². The number of carbonyl (C=O) groups is 1. The van der Waals surface area contributed by atoms with Gasteiger partial charge in [-0.2, -0.15) is 5.10 Å². The summed E-state index contributed by atoms with van der Waals surface area (Å²) in [6.45, 7) is 2.04. The van der Waals surface area contributed by atoms with Gasteiger partial charge in [-0.05, 0) is 61.9 Å². The summed E-state index contributed by atoms with van der Waals surface area (Å²) in [6.07, 6.45) is 6.31. The molecule has 4 heteroatoms. The lowest BCUT2D eigenvalue weighted by atomic mass is 9.95. The maximum atomic E-state index is 12.4. The molecule has 0 saturated carbocycles. The molecule has 1 aliphatic carbocycles. The standard InChI is InChI=1S/C21H21N3O/c1-14-6-8-15(9-7-14)13-22-24-21(25)16-10-11-20-18(12-16)17-4-2-3-5-19(17)23-20/h6-13,23H,2-5H2,1H3,(H,24,25)/b22-13+. The number of amides is 1. The Kier molecular flexibility index (Phi) is 4.10. The molecule has 126 valence electrons. The van der Waals surface area contributed by atoms with Crippen LogP contribution in [0.15, 0.2) is 47.6 Å². The second-order valence-electron chi connectivity index (χ2n) is 6.66. The van der Waals surface area contributed by atoms with E-state index in [1.54, 1.807) is 6.21 Å². The average molecular weight is 331 g/mol. The number of hydrazone groups is 1. The van der Waals surface area contributed by atoms with E-state index in [0.717, 1.165) is 23.9 Å². The zero-order valence-corrected chi connectivity index (χ0v) is 14.3. The number of hydrogen-bond acceptors (Lipinski definition) is 2. The molecular weight excluding hydrogens is 310 g/mol. The minimum absolute atomic E-state index is 0.184. The summed E-state index contributed by atoms with van der Waals surface area (Å²) >= 11 is 0. The summed E-state index contributed by atoms with van der Waals surface area (Å²) in [7, 11) is 0. The predicted molar refractivity (Wildman–Crippen MR) is 101 cm³/mol. The lowest BCUT2D eigenvalue weighted by Crippen LogP contribution is -2.17. The third kappa shape index (κ3) is 3.20. The molecule has 25 heavy (non-hydrogen) atoms. The maximum absolute atomic E-state index is 12.4. The Morgan fingerprint density at radius 3 is 2.76 bits per heavy atom. The molecule has 2 aromatic carbocycles. The molecule has 1 aromatic heterocycles. The Bertz CT molecular complexity index is 951. The largest absolute Gasteiger partial charge is 0.358 e. The van der Waals surface area contributed by atoms with Gasteiger partial charge in [-0.15, -0.1) is 0 Å². The Morgan fingerprint density at radius 1 is 1.12 bits per heavy atom. The van der Waals surface area contributed by atoms with Crippen molar-refractivity contribution < 1.29 is 4.79 Å². The highest BCUT2D eigenvalue weighted by Crippen LogP contribution is 2.29. The van der Waals surface area contributed by atoms with Crippen LogP contribution < -0.4 is 5.43 Å². The van der Waals surface area contributed by atoms with Crippen molar-refractivity contribution in [3.63, 3.8) is 0 Å². The number of nitrogens with one attached hydrogen (secondary N) is 2. The van der Waals surface area contributed by atoms with Crippen molar-refractivity contribution in [2.24, 2.45) is 5.10 Å². The Morgan fingerprint density at radius 2 is 1.92 bits per heavy atom. The van der Waals surface area contributed by atoms with Crippen molar-refractivity contribution in [1.82, 2.24) is 10.4 Å². The number of aromatic nitrogens is 1. The second kappa shape index (κ2) is 6.55. The van der Waals surface area contributed by atoms with Gasteiger partial charge in [0.05, 0.1) is 6.21 Å². The smallest absolute Gasteiger partial charge is 0.271 e. The van der Waals surface area contributed by atoms with Crippen molar-refractivity contribution in [1.29, 1.82) is 0 Å². The quantitative estimate of drug-likeness (QED) is 0.550. The normalized spacial score (nSPS) is 14.0. The zero-order valence-electron chi connectivity index (χ0n) is 14.3. The third-order valence-electron chi connectivity index (χ3n) is 4.82. The summed E-state index contributed by atoms with van der Waals surface area (Å²) < 4.78 is 0. The number of aromatic amines is 1. The van der Waals surface area contributed by atoms with E-state index >= 15 is 0 Å². The molecule has 1 amide bonds. The Hall–Kier alpha value is -2.88. The van der Waals surface area contributed by atoms with Gasteiger partial charge in [0, 0.05) is 22.2 Å². The summed E-state index contributed by atoms with van der Waals surface area (Å²) in [5.74, 6) is -0.184. The van der Waals surface area contributed by atoms with Crippen molar-refractivity contribution in [2.75, 3.05) is 0 Å².